The molecule has 17 heavy (non-hydrogen) atoms. The van der Waals surface area contributed by atoms with Gasteiger partial charge >= 0.3 is 0 Å². The van der Waals surface area contributed by atoms with Crippen LogP contribution in [0.1, 0.15) is 31.4 Å². The lowest BCUT2D eigenvalue weighted by atomic mass is 10.0. The maximum Gasteiger partial charge on any atom is 0.0409 e. The van der Waals surface area contributed by atoms with Gasteiger partial charge in [-0.05, 0) is 44.1 Å². The van der Waals surface area contributed by atoms with Gasteiger partial charge in [-0.3, -0.25) is 4.90 Å². The van der Waals surface area contributed by atoms with Gasteiger partial charge in [0.05, 0.1) is 0 Å². The Morgan fingerprint density at radius 3 is 2.94 bits per heavy atom. The molecule has 0 bridgehead atoms. The van der Waals surface area contributed by atoms with Gasteiger partial charge in [0.15, 0.2) is 0 Å². The van der Waals surface area contributed by atoms with Crippen LogP contribution in [0.5, 0.6) is 0 Å². The highest BCUT2D eigenvalue weighted by Gasteiger charge is 2.25. The fourth-order valence-electron chi connectivity index (χ4n) is 2.71. The van der Waals surface area contributed by atoms with Crippen LogP contribution in [0, 0.1) is 0 Å². The second kappa shape index (κ2) is 5.85. The minimum Gasteiger partial charge on any atom is -0.315 e. The molecule has 0 spiro atoms. The molecule has 1 aromatic rings. The molecule has 1 saturated heterocycles. The highest BCUT2D eigenvalue weighted by Crippen LogP contribution is 2.28. The minimum absolute atomic E-state index is 0.471. The Morgan fingerprint density at radius 1 is 1.53 bits per heavy atom. The van der Waals surface area contributed by atoms with Gasteiger partial charge in [-0.2, -0.15) is 0 Å². The third-order valence-electron chi connectivity index (χ3n) is 3.72. The number of rotatable bonds is 4. The van der Waals surface area contributed by atoms with E-state index in [1.165, 1.54) is 12.0 Å². The van der Waals surface area contributed by atoms with E-state index in [0.29, 0.717) is 12.1 Å². The number of likely N-dealkylation sites (N-methyl/N-ethyl adjacent to an activating group) is 1. The number of nitrogens with zero attached hydrogens (tertiary/aromatic N) is 1. The van der Waals surface area contributed by atoms with Crippen molar-refractivity contribution < 1.29 is 0 Å². The van der Waals surface area contributed by atoms with Gasteiger partial charge in [0, 0.05) is 23.7 Å². The van der Waals surface area contributed by atoms with Crippen LogP contribution in [0.15, 0.2) is 24.3 Å². The van der Waals surface area contributed by atoms with Crippen molar-refractivity contribution in [2.24, 2.45) is 0 Å². The molecular formula is C14H21ClN2. The van der Waals surface area contributed by atoms with E-state index in [1.807, 2.05) is 12.1 Å². The Balaban J connectivity index is 2.14. The molecule has 2 unspecified atom stereocenters. The highest BCUT2D eigenvalue weighted by atomic mass is 35.5. The Kier molecular flexibility index (Phi) is 4.43. The van der Waals surface area contributed by atoms with Crippen LogP contribution in [-0.2, 0) is 0 Å². The van der Waals surface area contributed by atoms with Crippen molar-refractivity contribution >= 4 is 11.6 Å². The summed E-state index contributed by atoms with van der Waals surface area (Å²) in [4.78, 5) is 2.49. The van der Waals surface area contributed by atoms with Crippen LogP contribution in [0.3, 0.4) is 0 Å². The summed E-state index contributed by atoms with van der Waals surface area (Å²) in [6.07, 6.45) is 2.36. The van der Waals surface area contributed by atoms with Crippen molar-refractivity contribution in [2.45, 2.75) is 31.8 Å². The molecule has 0 aromatic heterocycles. The number of hydrogen-bond acceptors (Lipinski definition) is 2. The molecule has 2 rings (SSSR count). The quantitative estimate of drug-likeness (QED) is 0.886. The molecule has 3 heteroatoms. The van der Waals surface area contributed by atoms with Crippen LogP contribution in [0.4, 0.5) is 0 Å². The standard InChI is InChI=1S/C14H21ClN2/c1-3-14(11-5-4-6-12(15)9-11)17(2)13-7-8-16-10-13/h4-6,9,13-14,16H,3,7-8,10H2,1-2H3. The summed E-state index contributed by atoms with van der Waals surface area (Å²) >= 11 is 6.08. The number of hydrogen-bond donors (Lipinski definition) is 1. The van der Waals surface area contributed by atoms with Crippen LogP contribution in [0.25, 0.3) is 0 Å². The number of nitrogens with one attached hydrogen (secondary N) is 1. The summed E-state index contributed by atoms with van der Waals surface area (Å²) in [5.41, 5.74) is 1.33. The lowest BCUT2D eigenvalue weighted by molar-refractivity contribution is 0.179. The summed E-state index contributed by atoms with van der Waals surface area (Å²) < 4.78 is 0. The molecule has 2 atom stereocenters. The van der Waals surface area contributed by atoms with E-state index in [4.69, 9.17) is 11.6 Å². The maximum atomic E-state index is 6.08. The predicted octanol–water partition coefficient (Wildman–Crippen LogP) is 3.08. The smallest absolute Gasteiger partial charge is 0.0409 e. The molecule has 1 aromatic carbocycles. The second-order valence-corrected chi connectivity index (χ2v) is 5.23. The first kappa shape index (κ1) is 12.9. The van der Waals surface area contributed by atoms with E-state index < -0.39 is 0 Å². The first-order valence-corrected chi connectivity index (χ1v) is 6.78. The Hall–Kier alpha value is -0.570. The van der Waals surface area contributed by atoms with E-state index >= 15 is 0 Å². The lowest BCUT2D eigenvalue weighted by Crippen LogP contribution is -2.36. The Bertz CT molecular complexity index is 361. The zero-order valence-electron chi connectivity index (χ0n) is 10.6. The molecule has 1 aliphatic rings. The molecule has 94 valence electrons. The third kappa shape index (κ3) is 3.01. The maximum absolute atomic E-state index is 6.08. The highest BCUT2D eigenvalue weighted by molar-refractivity contribution is 6.30. The molecule has 0 saturated carbocycles. The zero-order chi connectivity index (χ0) is 12.3. The van der Waals surface area contributed by atoms with E-state index in [2.05, 4.69) is 36.3 Å². The van der Waals surface area contributed by atoms with Gasteiger partial charge < -0.3 is 5.32 Å². The van der Waals surface area contributed by atoms with Crippen molar-refractivity contribution in [1.82, 2.24) is 10.2 Å². The predicted molar refractivity (Wildman–Crippen MR) is 73.5 cm³/mol. The normalized spacial score (nSPS) is 22.0. The van der Waals surface area contributed by atoms with Gasteiger partial charge in [-0.15, -0.1) is 0 Å². The van der Waals surface area contributed by atoms with Gasteiger partial charge in [0.25, 0.3) is 0 Å². The molecule has 1 fully saturated rings. The minimum atomic E-state index is 0.471. The van der Waals surface area contributed by atoms with Gasteiger partial charge in [0.2, 0.25) is 0 Å². The monoisotopic (exact) mass is 252 g/mol. The van der Waals surface area contributed by atoms with Crippen LogP contribution >= 0.6 is 11.6 Å². The topological polar surface area (TPSA) is 15.3 Å². The van der Waals surface area contributed by atoms with Crippen LogP contribution in [0.2, 0.25) is 5.02 Å². The van der Waals surface area contributed by atoms with Crippen LogP contribution in [-0.4, -0.2) is 31.1 Å². The Morgan fingerprint density at radius 2 is 2.35 bits per heavy atom. The van der Waals surface area contributed by atoms with Crippen molar-refractivity contribution in [1.29, 1.82) is 0 Å². The summed E-state index contributed by atoms with van der Waals surface area (Å²) in [5.74, 6) is 0. The third-order valence-corrected chi connectivity index (χ3v) is 3.96. The molecule has 2 nitrogen and oxygen atoms in total. The number of halogens is 1. The van der Waals surface area contributed by atoms with Crippen molar-refractivity contribution in [2.75, 3.05) is 20.1 Å². The molecule has 1 aliphatic heterocycles. The summed E-state index contributed by atoms with van der Waals surface area (Å²) in [6, 6.07) is 9.38. The van der Waals surface area contributed by atoms with Gasteiger partial charge in [0.1, 0.15) is 0 Å². The first-order chi connectivity index (χ1) is 8.22. The average molecular weight is 253 g/mol. The average Bonchev–Trinajstić information content (AvgIpc) is 2.83. The first-order valence-electron chi connectivity index (χ1n) is 6.40. The zero-order valence-corrected chi connectivity index (χ0v) is 11.4. The number of benzene rings is 1. The summed E-state index contributed by atoms with van der Waals surface area (Å²) in [6.45, 7) is 4.49. The lowest BCUT2D eigenvalue weighted by Gasteiger charge is -2.32. The second-order valence-electron chi connectivity index (χ2n) is 4.79. The van der Waals surface area contributed by atoms with Gasteiger partial charge in [-0.25, -0.2) is 0 Å². The van der Waals surface area contributed by atoms with Crippen LogP contribution < -0.4 is 5.32 Å². The Labute approximate surface area is 109 Å². The van der Waals surface area contributed by atoms with E-state index in [1.54, 1.807) is 0 Å². The molecule has 0 radical (unpaired) electrons. The molecule has 1 N–H and O–H groups in total. The van der Waals surface area contributed by atoms with E-state index in [0.717, 1.165) is 24.5 Å². The SMILES string of the molecule is CCC(c1cccc(Cl)c1)N(C)C1CCNC1. The fraction of sp³-hybridized carbons (Fsp3) is 0.571. The van der Waals surface area contributed by atoms with Gasteiger partial charge in [-0.1, -0.05) is 30.7 Å². The summed E-state index contributed by atoms with van der Waals surface area (Å²) in [5, 5.41) is 4.26. The molecule has 0 aliphatic carbocycles. The fourth-order valence-corrected chi connectivity index (χ4v) is 2.91. The largest absolute Gasteiger partial charge is 0.315 e. The molecule has 0 amide bonds. The molecular weight excluding hydrogens is 232 g/mol. The van der Waals surface area contributed by atoms with Crippen molar-refractivity contribution in [3.05, 3.63) is 34.9 Å². The van der Waals surface area contributed by atoms with E-state index in [9.17, 15) is 0 Å². The van der Waals surface area contributed by atoms with Crippen molar-refractivity contribution in [3.63, 3.8) is 0 Å². The van der Waals surface area contributed by atoms with Crippen molar-refractivity contribution in [3.8, 4) is 0 Å². The molecule has 1 heterocycles. The summed E-state index contributed by atoms with van der Waals surface area (Å²) in [7, 11) is 2.23. The van der Waals surface area contributed by atoms with E-state index in [-0.39, 0.29) is 0 Å².